The molecule has 88 valence electrons. The van der Waals surface area contributed by atoms with E-state index < -0.39 is 11.7 Å². The van der Waals surface area contributed by atoms with Crippen LogP contribution in [0.2, 0.25) is 0 Å². The van der Waals surface area contributed by atoms with E-state index in [1.807, 2.05) is 0 Å². The van der Waals surface area contributed by atoms with Gasteiger partial charge in [0.25, 0.3) is 0 Å². The topological polar surface area (TPSA) is 38.0 Å². The normalized spacial score (nSPS) is 21.3. The molecule has 1 aliphatic rings. The van der Waals surface area contributed by atoms with E-state index in [0.717, 1.165) is 25.5 Å². The van der Waals surface area contributed by atoms with E-state index in [4.69, 9.17) is 5.73 Å². The van der Waals surface area contributed by atoms with Gasteiger partial charge in [-0.15, -0.1) is 0 Å². The van der Waals surface area contributed by atoms with Crippen molar-refractivity contribution >= 4 is 5.69 Å². The molecule has 0 amide bonds. The number of nitrogens with one attached hydrogen (secondary N) is 1. The maximum absolute atomic E-state index is 12.6. The predicted octanol–water partition coefficient (Wildman–Crippen LogP) is 2.71. The van der Waals surface area contributed by atoms with Gasteiger partial charge in [-0.05, 0) is 43.1 Å². The zero-order valence-electron chi connectivity index (χ0n) is 8.64. The third-order valence-corrected chi connectivity index (χ3v) is 2.77. The first-order chi connectivity index (χ1) is 7.47. The van der Waals surface area contributed by atoms with Crippen molar-refractivity contribution in [1.29, 1.82) is 0 Å². The average Bonchev–Trinajstić information content (AvgIpc) is 2.68. The van der Waals surface area contributed by atoms with Gasteiger partial charge in [0.15, 0.2) is 0 Å². The van der Waals surface area contributed by atoms with Crippen LogP contribution in [-0.4, -0.2) is 6.54 Å². The molecule has 0 bridgehead atoms. The Labute approximate surface area is 91.6 Å². The Hall–Kier alpha value is -1.23. The highest BCUT2D eigenvalue weighted by molar-refractivity contribution is 5.46. The van der Waals surface area contributed by atoms with E-state index in [1.165, 1.54) is 6.07 Å². The van der Waals surface area contributed by atoms with Gasteiger partial charge in [-0.1, -0.05) is 0 Å². The Morgan fingerprint density at radius 2 is 2.00 bits per heavy atom. The third kappa shape index (κ3) is 2.29. The first kappa shape index (κ1) is 11.3. The summed E-state index contributed by atoms with van der Waals surface area (Å²) < 4.78 is 37.7. The third-order valence-electron chi connectivity index (χ3n) is 2.77. The van der Waals surface area contributed by atoms with Gasteiger partial charge >= 0.3 is 6.18 Å². The minimum atomic E-state index is -4.33. The van der Waals surface area contributed by atoms with Crippen LogP contribution in [0.5, 0.6) is 0 Å². The molecule has 0 spiro atoms. The fourth-order valence-corrected chi connectivity index (χ4v) is 2.01. The first-order valence-electron chi connectivity index (χ1n) is 5.18. The minimum Gasteiger partial charge on any atom is -0.399 e. The van der Waals surface area contributed by atoms with Crippen LogP contribution in [0.4, 0.5) is 18.9 Å². The zero-order valence-corrected chi connectivity index (χ0v) is 8.64. The van der Waals surface area contributed by atoms with E-state index in [1.54, 1.807) is 6.07 Å². The fraction of sp³-hybridized carbons (Fsp3) is 0.455. The summed E-state index contributed by atoms with van der Waals surface area (Å²) in [5.74, 6) is 0. The lowest BCUT2D eigenvalue weighted by atomic mass is 10.0. The Balaban J connectivity index is 2.35. The first-order valence-corrected chi connectivity index (χ1v) is 5.18. The molecule has 2 nitrogen and oxygen atoms in total. The highest BCUT2D eigenvalue weighted by Crippen LogP contribution is 2.34. The fourth-order valence-electron chi connectivity index (χ4n) is 2.01. The number of halogens is 3. The maximum Gasteiger partial charge on any atom is 0.416 e. The molecule has 3 N–H and O–H groups in total. The lowest BCUT2D eigenvalue weighted by molar-refractivity contribution is -0.137. The molecule has 0 aromatic heterocycles. The van der Waals surface area contributed by atoms with E-state index >= 15 is 0 Å². The largest absolute Gasteiger partial charge is 0.416 e. The highest BCUT2D eigenvalue weighted by Gasteiger charge is 2.31. The van der Waals surface area contributed by atoms with Crippen LogP contribution in [0.15, 0.2) is 18.2 Å². The number of nitrogen functional groups attached to an aromatic ring is 1. The summed E-state index contributed by atoms with van der Waals surface area (Å²) in [4.78, 5) is 0. The summed E-state index contributed by atoms with van der Waals surface area (Å²) in [7, 11) is 0. The minimum absolute atomic E-state index is 0.00426. The van der Waals surface area contributed by atoms with Crippen LogP contribution >= 0.6 is 0 Å². The van der Waals surface area contributed by atoms with Crippen LogP contribution in [-0.2, 0) is 6.18 Å². The summed E-state index contributed by atoms with van der Waals surface area (Å²) >= 11 is 0. The number of alkyl halides is 3. The van der Waals surface area contributed by atoms with Crippen molar-refractivity contribution in [3.63, 3.8) is 0 Å². The van der Waals surface area contributed by atoms with Crippen molar-refractivity contribution in [3.8, 4) is 0 Å². The molecule has 16 heavy (non-hydrogen) atoms. The summed E-state index contributed by atoms with van der Waals surface area (Å²) in [5, 5.41) is 3.16. The van der Waals surface area contributed by atoms with Crippen molar-refractivity contribution < 1.29 is 13.2 Å². The zero-order chi connectivity index (χ0) is 11.8. The molecule has 0 aliphatic carbocycles. The summed E-state index contributed by atoms with van der Waals surface area (Å²) in [6.45, 7) is 0.848. The standard InChI is InChI=1S/C11H13F3N2/c12-11(13,14)8-4-7(5-9(15)6-8)10-2-1-3-16-10/h4-6,10,16H,1-3,15H2/t10-/m0/s1. The molecule has 1 fully saturated rings. The van der Waals surface area contributed by atoms with Gasteiger partial charge in [-0.25, -0.2) is 0 Å². The van der Waals surface area contributed by atoms with Gasteiger partial charge in [-0.2, -0.15) is 13.2 Å². The second kappa shape index (κ2) is 3.97. The maximum atomic E-state index is 12.6. The molecule has 1 heterocycles. The van der Waals surface area contributed by atoms with Gasteiger partial charge in [-0.3, -0.25) is 0 Å². The van der Waals surface area contributed by atoms with Crippen molar-refractivity contribution in [1.82, 2.24) is 5.32 Å². The Kier molecular flexibility index (Phi) is 2.80. The molecule has 0 saturated carbocycles. The molecule has 1 aromatic carbocycles. The average molecular weight is 230 g/mol. The molecule has 1 aliphatic heterocycles. The van der Waals surface area contributed by atoms with Crippen LogP contribution in [0.1, 0.15) is 30.0 Å². The van der Waals surface area contributed by atoms with Gasteiger partial charge in [0.2, 0.25) is 0 Å². The number of anilines is 1. The highest BCUT2D eigenvalue weighted by atomic mass is 19.4. The molecular formula is C11H13F3N2. The smallest absolute Gasteiger partial charge is 0.399 e. The molecule has 0 unspecified atom stereocenters. The van der Waals surface area contributed by atoms with Crippen LogP contribution < -0.4 is 11.1 Å². The number of hydrogen-bond acceptors (Lipinski definition) is 2. The summed E-state index contributed by atoms with van der Waals surface area (Å²) in [6.07, 6.45) is -2.48. The molecule has 0 radical (unpaired) electrons. The van der Waals surface area contributed by atoms with Gasteiger partial charge in [0.05, 0.1) is 5.56 Å². The molecular weight excluding hydrogens is 217 g/mol. The number of nitrogens with two attached hydrogens (primary N) is 1. The summed E-state index contributed by atoms with van der Waals surface area (Å²) in [5.41, 5.74) is 5.62. The Morgan fingerprint density at radius 3 is 2.56 bits per heavy atom. The number of rotatable bonds is 1. The monoisotopic (exact) mass is 230 g/mol. The SMILES string of the molecule is Nc1cc([C@@H]2CCCN2)cc(C(F)(F)F)c1. The van der Waals surface area contributed by atoms with Crippen LogP contribution in [0, 0.1) is 0 Å². The molecule has 1 atom stereocenters. The summed E-state index contributed by atoms with van der Waals surface area (Å²) in [6, 6.07) is 3.76. The van der Waals surface area contributed by atoms with Crippen LogP contribution in [0.3, 0.4) is 0 Å². The van der Waals surface area contributed by atoms with Crippen molar-refractivity contribution in [2.75, 3.05) is 12.3 Å². The Morgan fingerprint density at radius 1 is 1.25 bits per heavy atom. The molecule has 2 rings (SSSR count). The van der Waals surface area contributed by atoms with E-state index in [9.17, 15) is 13.2 Å². The number of hydrogen-bond donors (Lipinski definition) is 2. The van der Waals surface area contributed by atoms with Gasteiger partial charge in [0, 0.05) is 11.7 Å². The van der Waals surface area contributed by atoms with Crippen molar-refractivity contribution in [3.05, 3.63) is 29.3 Å². The van der Waals surface area contributed by atoms with Gasteiger partial charge < -0.3 is 11.1 Å². The Bertz CT molecular complexity index is 381. The predicted molar refractivity (Wildman–Crippen MR) is 55.8 cm³/mol. The number of benzene rings is 1. The van der Waals surface area contributed by atoms with E-state index in [2.05, 4.69) is 5.32 Å². The van der Waals surface area contributed by atoms with E-state index in [0.29, 0.717) is 5.56 Å². The second-order valence-corrected chi connectivity index (χ2v) is 4.04. The quantitative estimate of drug-likeness (QED) is 0.728. The van der Waals surface area contributed by atoms with Crippen molar-refractivity contribution in [2.24, 2.45) is 0 Å². The molecule has 1 saturated heterocycles. The van der Waals surface area contributed by atoms with Crippen LogP contribution in [0.25, 0.3) is 0 Å². The van der Waals surface area contributed by atoms with Crippen molar-refractivity contribution in [2.45, 2.75) is 25.1 Å². The van der Waals surface area contributed by atoms with Gasteiger partial charge in [0.1, 0.15) is 0 Å². The molecule has 5 heteroatoms. The lowest BCUT2D eigenvalue weighted by Gasteiger charge is -2.15. The second-order valence-electron chi connectivity index (χ2n) is 4.04. The lowest BCUT2D eigenvalue weighted by Crippen LogP contribution is -2.15. The van der Waals surface area contributed by atoms with E-state index in [-0.39, 0.29) is 11.7 Å². The molecule has 1 aromatic rings.